The number of halogens is 1. The van der Waals surface area contributed by atoms with Gasteiger partial charge in [-0.25, -0.2) is 4.39 Å². The molecular formula is C18H26FN5O. The highest BCUT2D eigenvalue weighted by Crippen LogP contribution is 2.07. The van der Waals surface area contributed by atoms with Crippen molar-refractivity contribution in [1.29, 1.82) is 10.5 Å². The lowest BCUT2D eigenvalue weighted by Gasteiger charge is -2.24. The van der Waals surface area contributed by atoms with Crippen LogP contribution in [0, 0.1) is 28.5 Å². The number of likely N-dealkylation sites (N-methyl/N-ethyl adjacent to an activating group) is 1. The first-order chi connectivity index (χ1) is 12.1. The largest absolute Gasteiger partial charge is 0.383 e. The zero-order chi connectivity index (χ0) is 18.5. The number of ether oxygens (including phenoxy) is 1. The summed E-state index contributed by atoms with van der Waals surface area (Å²) >= 11 is 0. The van der Waals surface area contributed by atoms with Gasteiger partial charge in [0.05, 0.1) is 6.61 Å². The molecule has 0 fully saturated rings. The van der Waals surface area contributed by atoms with Gasteiger partial charge >= 0.3 is 0 Å². The Morgan fingerprint density at radius 1 is 1.20 bits per heavy atom. The highest BCUT2D eigenvalue weighted by atomic mass is 19.1. The first-order valence-electron chi connectivity index (χ1n) is 8.27. The summed E-state index contributed by atoms with van der Waals surface area (Å²) in [6.07, 6.45) is 0.778. The Balaban J connectivity index is 2.51. The average molecular weight is 347 g/mol. The second kappa shape index (κ2) is 11.5. The molecule has 0 saturated heterocycles. The third kappa shape index (κ3) is 7.59. The van der Waals surface area contributed by atoms with Gasteiger partial charge in [0.2, 0.25) is 5.54 Å². The predicted molar refractivity (Wildman–Crippen MR) is 94.1 cm³/mol. The number of nitrogens with zero attached hydrogens (tertiary/aromatic N) is 3. The molecule has 0 aliphatic rings. The summed E-state index contributed by atoms with van der Waals surface area (Å²) in [4.78, 5) is 2.21. The molecular weight excluding hydrogens is 321 g/mol. The van der Waals surface area contributed by atoms with Gasteiger partial charge in [0, 0.05) is 26.7 Å². The molecule has 0 bridgehead atoms. The van der Waals surface area contributed by atoms with E-state index < -0.39 is 5.54 Å². The molecule has 0 heterocycles. The van der Waals surface area contributed by atoms with Crippen LogP contribution in [0.1, 0.15) is 12.0 Å². The maximum absolute atomic E-state index is 13.0. The van der Waals surface area contributed by atoms with Crippen molar-refractivity contribution in [3.05, 3.63) is 35.6 Å². The molecule has 1 aromatic rings. The van der Waals surface area contributed by atoms with Gasteiger partial charge in [-0.15, -0.1) is 0 Å². The van der Waals surface area contributed by atoms with Gasteiger partial charge in [0.25, 0.3) is 0 Å². The molecule has 1 aromatic carbocycles. The van der Waals surface area contributed by atoms with Gasteiger partial charge in [0.15, 0.2) is 0 Å². The van der Waals surface area contributed by atoms with Crippen molar-refractivity contribution >= 4 is 0 Å². The fraction of sp³-hybridized carbons (Fsp3) is 0.556. The molecule has 7 heteroatoms. The Morgan fingerprint density at radius 3 is 2.44 bits per heavy atom. The monoisotopic (exact) mass is 347 g/mol. The molecule has 0 atom stereocenters. The van der Waals surface area contributed by atoms with Crippen LogP contribution in [-0.2, 0) is 11.3 Å². The van der Waals surface area contributed by atoms with Gasteiger partial charge in [-0.05, 0) is 44.3 Å². The number of rotatable bonds is 12. The molecule has 1 rings (SSSR count). The van der Waals surface area contributed by atoms with Crippen molar-refractivity contribution in [3.63, 3.8) is 0 Å². The minimum atomic E-state index is -1.21. The third-order valence-electron chi connectivity index (χ3n) is 3.83. The van der Waals surface area contributed by atoms with Crippen LogP contribution >= 0.6 is 0 Å². The summed E-state index contributed by atoms with van der Waals surface area (Å²) in [5.74, 6) is -0.245. The van der Waals surface area contributed by atoms with E-state index in [0.29, 0.717) is 19.7 Å². The number of nitrogens with one attached hydrogen (secondary N) is 2. The van der Waals surface area contributed by atoms with Crippen molar-refractivity contribution in [3.8, 4) is 12.1 Å². The Labute approximate surface area is 149 Å². The maximum atomic E-state index is 13.0. The summed E-state index contributed by atoms with van der Waals surface area (Å²) in [7, 11) is 3.36. The molecule has 0 amide bonds. The van der Waals surface area contributed by atoms with Crippen LogP contribution in [0.5, 0.6) is 0 Å². The first kappa shape index (κ1) is 21.0. The summed E-state index contributed by atoms with van der Waals surface area (Å²) < 4.78 is 18.2. The summed E-state index contributed by atoms with van der Waals surface area (Å²) in [5, 5.41) is 24.3. The Bertz CT molecular complexity index is 565. The van der Waals surface area contributed by atoms with Gasteiger partial charge in [-0.3, -0.25) is 10.2 Å². The predicted octanol–water partition coefficient (Wildman–Crippen LogP) is 1.26. The molecule has 0 spiro atoms. The summed E-state index contributed by atoms with van der Waals surface area (Å²) in [6, 6.07) is 10.5. The van der Waals surface area contributed by atoms with E-state index in [-0.39, 0.29) is 12.4 Å². The van der Waals surface area contributed by atoms with Gasteiger partial charge in [0.1, 0.15) is 18.0 Å². The van der Waals surface area contributed by atoms with Crippen LogP contribution in [0.25, 0.3) is 0 Å². The fourth-order valence-electron chi connectivity index (χ4n) is 2.45. The van der Waals surface area contributed by atoms with Gasteiger partial charge in [-0.2, -0.15) is 10.5 Å². The van der Waals surface area contributed by atoms with Crippen molar-refractivity contribution < 1.29 is 9.13 Å². The quantitative estimate of drug-likeness (QED) is 0.554. The molecule has 0 aromatic heterocycles. The van der Waals surface area contributed by atoms with Crippen molar-refractivity contribution in [1.82, 2.24) is 15.5 Å². The van der Waals surface area contributed by atoms with E-state index in [1.54, 1.807) is 26.3 Å². The summed E-state index contributed by atoms with van der Waals surface area (Å²) in [5.41, 5.74) is -0.174. The van der Waals surface area contributed by atoms with E-state index in [2.05, 4.69) is 15.5 Å². The van der Waals surface area contributed by atoms with Crippen LogP contribution in [0.4, 0.5) is 4.39 Å². The Morgan fingerprint density at radius 2 is 1.88 bits per heavy atom. The lowest BCUT2D eigenvalue weighted by Crippen LogP contribution is -2.50. The number of hydrogen-bond acceptors (Lipinski definition) is 6. The van der Waals surface area contributed by atoms with E-state index in [0.717, 1.165) is 25.1 Å². The molecule has 0 radical (unpaired) electrons. The van der Waals surface area contributed by atoms with E-state index in [9.17, 15) is 14.9 Å². The number of benzene rings is 1. The van der Waals surface area contributed by atoms with E-state index in [1.807, 2.05) is 12.1 Å². The molecule has 2 N–H and O–H groups in total. The third-order valence-corrected chi connectivity index (χ3v) is 3.83. The van der Waals surface area contributed by atoms with Crippen LogP contribution in [0.2, 0.25) is 0 Å². The zero-order valence-corrected chi connectivity index (χ0v) is 14.9. The lowest BCUT2D eigenvalue weighted by atomic mass is 10.0. The molecule has 0 unspecified atom stereocenters. The molecule has 0 aliphatic heterocycles. The van der Waals surface area contributed by atoms with E-state index in [1.165, 1.54) is 12.1 Å². The fourth-order valence-corrected chi connectivity index (χ4v) is 2.45. The van der Waals surface area contributed by atoms with Crippen LogP contribution in [0.3, 0.4) is 0 Å². The smallest absolute Gasteiger partial charge is 0.206 e. The standard InChI is InChI=1S/C18H26FN5O/c1-22-15-18(13-20,14-21)23-8-3-9-24(10-11-25-2)12-16-4-6-17(19)7-5-16/h4-7,22-23H,3,8-12,15H2,1-2H3. The molecule has 0 saturated carbocycles. The summed E-state index contributed by atoms with van der Waals surface area (Å²) in [6.45, 7) is 3.65. The minimum Gasteiger partial charge on any atom is -0.383 e. The molecule has 0 aliphatic carbocycles. The van der Waals surface area contributed by atoms with Crippen molar-refractivity contribution in [2.24, 2.45) is 0 Å². The normalized spacial score (nSPS) is 11.3. The first-order valence-corrected chi connectivity index (χ1v) is 8.27. The SMILES string of the molecule is CNCC(C#N)(C#N)NCCCN(CCOC)Cc1ccc(F)cc1. The number of methoxy groups -OCH3 is 1. The van der Waals surface area contributed by atoms with Crippen LogP contribution in [0.15, 0.2) is 24.3 Å². The lowest BCUT2D eigenvalue weighted by molar-refractivity contribution is 0.143. The molecule has 136 valence electrons. The van der Waals surface area contributed by atoms with Crippen molar-refractivity contribution in [2.75, 3.05) is 46.9 Å². The van der Waals surface area contributed by atoms with Crippen LogP contribution < -0.4 is 10.6 Å². The van der Waals surface area contributed by atoms with E-state index >= 15 is 0 Å². The average Bonchev–Trinajstić information content (AvgIpc) is 2.63. The topological polar surface area (TPSA) is 84.1 Å². The second-order valence-corrected chi connectivity index (χ2v) is 5.84. The Kier molecular flexibility index (Phi) is 9.68. The van der Waals surface area contributed by atoms with Gasteiger partial charge < -0.3 is 10.1 Å². The highest BCUT2D eigenvalue weighted by molar-refractivity contribution is 5.22. The maximum Gasteiger partial charge on any atom is 0.206 e. The molecule has 6 nitrogen and oxygen atoms in total. The zero-order valence-electron chi connectivity index (χ0n) is 14.9. The highest BCUT2D eigenvalue weighted by Gasteiger charge is 2.28. The van der Waals surface area contributed by atoms with Crippen LogP contribution in [-0.4, -0.2) is 57.4 Å². The van der Waals surface area contributed by atoms with E-state index in [4.69, 9.17) is 4.74 Å². The number of hydrogen-bond donors (Lipinski definition) is 2. The molecule has 25 heavy (non-hydrogen) atoms. The number of nitriles is 2. The van der Waals surface area contributed by atoms with Gasteiger partial charge in [-0.1, -0.05) is 12.1 Å². The Hall–Kier alpha value is -2.03. The minimum absolute atomic E-state index is 0.245. The van der Waals surface area contributed by atoms with Crippen molar-refractivity contribution in [2.45, 2.75) is 18.5 Å². The second-order valence-electron chi connectivity index (χ2n) is 5.84.